The first kappa shape index (κ1) is 18.4. The number of ether oxygens (including phenoxy) is 1. The van der Waals surface area contributed by atoms with Gasteiger partial charge in [-0.2, -0.15) is 4.80 Å². The Bertz CT molecular complexity index is 730. The topological polar surface area (TPSA) is 73.1 Å². The Morgan fingerprint density at radius 1 is 1.19 bits per heavy atom. The molecule has 0 spiro atoms. The molecule has 0 aliphatic carbocycles. The van der Waals surface area contributed by atoms with Crippen LogP contribution in [0.15, 0.2) is 30.3 Å². The van der Waals surface area contributed by atoms with Gasteiger partial charge in [-0.1, -0.05) is 30.3 Å². The van der Waals surface area contributed by atoms with Gasteiger partial charge in [0.25, 0.3) is 0 Å². The number of amides is 1. The zero-order chi connectivity index (χ0) is 18.7. The second-order valence-electron chi connectivity index (χ2n) is 7.82. The summed E-state index contributed by atoms with van der Waals surface area (Å²) in [5.41, 5.74) is 0.698. The average Bonchev–Trinajstić information content (AvgIpc) is 3.01. The van der Waals surface area contributed by atoms with Crippen LogP contribution in [0, 0.1) is 12.8 Å². The molecule has 1 aliphatic heterocycles. The van der Waals surface area contributed by atoms with E-state index in [-0.39, 0.29) is 12.1 Å². The summed E-state index contributed by atoms with van der Waals surface area (Å²) in [4.78, 5) is 15.8. The molecular weight excluding hydrogens is 330 g/mol. The van der Waals surface area contributed by atoms with E-state index in [1.54, 1.807) is 9.70 Å². The highest BCUT2D eigenvalue weighted by Crippen LogP contribution is 2.33. The Hall–Kier alpha value is -2.44. The normalized spacial score (nSPS) is 17.2. The molecule has 3 rings (SSSR count). The Labute approximate surface area is 154 Å². The highest BCUT2D eigenvalue weighted by atomic mass is 16.6. The lowest BCUT2D eigenvalue weighted by atomic mass is 9.86. The summed E-state index contributed by atoms with van der Waals surface area (Å²) >= 11 is 0. The molecule has 0 saturated carbocycles. The first-order valence-electron chi connectivity index (χ1n) is 9.12. The van der Waals surface area contributed by atoms with Crippen LogP contribution in [0.3, 0.4) is 0 Å². The molecule has 2 heterocycles. The van der Waals surface area contributed by atoms with Crippen molar-refractivity contribution in [3.8, 4) is 0 Å². The summed E-state index contributed by atoms with van der Waals surface area (Å²) in [6.07, 6.45) is 1.51. The summed E-state index contributed by atoms with van der Waals surface area (Å²) in [6, 6.07) is 10.3. The van der Waals surface area contributed by atoms with Gasteiger partial charge < -0.3 is 9.64 Å². The van der Waals surface area contributed by atoms with Crippen LogP contribution in [0.2, 0.25) is 0 Å². The molecule has 2 aromatic rings. The van der Waals surface area contributed by atoms with Crippen LogP contribution in [-0.2, 0) is 4.74 Å². The van der Waals surface area contributed by atoms with Crippen LogP contribution in [0.4, 0.5) is 4.79 Å². The number of aryl methyl sites for hydroxylation is 1. The van der Waals surface area contributed by atoms with Crippen LogP contribution in [0.5, 0.6) is 0 Å². The molecule has 1 fully saturated rings. The molecular formula is C19H27N5O2. The van der Waals surface area contributed by atoms with E-state index in [1.807, 2.05) is 45.9 Å². The van der Waals surface area contributed by atoms with Crippen molar-refractivity contribution in [2.75, 3.05) is 13.1 Å². The standard InChI is InChI=1S/C19H27N5O2/c1-14-20-22-24(21-14)17(15-8-6-5-7-9-15)16-10-12-23(13-11-16)18(25)26-19(2,3)4/h5-9,16-17H,10-13H2,1-4H3. The van der Waals surface area contributed by atoms with Crippen LogP contribution in [0.1, 0.15) is 51.0 Å². The lowest BCUT2D eigenvalue weighted by Crippen LogP contribution is -2.43. The van der Waals surface area contributed by atoms with Gasteiger partial charge in [-0.05, 0) is 57.2 Å². The summed E-state index contributed by atoms with van der Waals surface area (Å²) in [7, 11) is 0. The van der Waals surface area contributed by atoms with Crippen molar-refractivity contribution in [1.29, 1.82) is 0 Å². The molecule has 1 amide bonds. The molecule has 26 heavy (non-hydrogen) atoms. The smallest absolute Gasteiger partial charge is 0.410 e. The first-order chi connectivity index (χ1) is 12.3. The van der Waals surface area contributed by atoms with Gasteiger partial charge in [0.15, 0.2) is 5.82 Å². The third-order valence-electron chi connectivity index (χ3n) is 4.56. The molecule has 1 saturated heterocycles. The van der Waals surface area contributed by atoms with Crippen molar-refractivity contribution in [2.45, 2.75) is 52.2 Å². The Kier molecular flexibility index (Phi) is 5.25. The van der Waals surface area contributed by atoms with Crippen molar-refractivity contribution >= 4 is 6.09 Å². The van der Waals surface area contributed by atoms with Crippen molar-refractivity contribution in [3.05, 3.63) is 41.7 Å². The predicted octanol–water partition coefficient (Wildman–Crippen LogP) is 3.22. The third-order valence-corrected chi connectivity index (χ3v) is 4.56. The highest BCUT2D eigenvalue weighted by Gasteiger charge is 2.33. The van der Waals surface area contributed by atoms with E-state index >= 15 is 0 Å². The number of tetrazole rings is 1. The van der Waals surface area contributed by atoms with Gasteiger partial charge in [-0.3, -0.25) is 0 Å². The van der Waals surface area contributed by atoms with Crippen molar-refractivity contribution in [2.24, 2.45) is 5.92 Å². The fraction of sp³-hybridized carbons (Fsp3) is 0.579. The van der Waals surface area contributed by atoms with Crippen LogP contribution in [-0.4, -0.2) is 49.9 Å². The minimum absolute atomic E-state index is 0.0261. The molecule has 1 aromatic heterocycles. The number of likely N-dealkylation sites (tertiary alicyclic amines) is 1. The van der Waals surface area contributed by atoms with Crippen LogP contribution >= 0.6 is 0 Å². The van der Waals surface area contributed by atoms with Gasteiger partial charge in [0.2, 0.25) is 0 Å². The van der Waals surface area contributed by atoms with Crippen LogP contribution < -0.4 is 0 Å². The molecule has 1 unspecified atom stereocenters. The number of hydrogen-bond donors (Lipinski definition) is 0. The molecule has 1 aromatic carbocycles. The number of carbonyl (C=O) groups excluding carboxylic acids is 1. The number of hydrogen-bond acceptors (Lipinski definition) is 5. The van der Waals surface area contributed by atoms with Crippen molar-refractivity contribution in [1.82, 2.24) is 25.1 Å². The van der Waals surface area contributed by atoms with E-state index in [4.69, 9.17) is 4.74 Å². The minimum atomic E-state index is -0.470. The number of carbonyl (C=O) groups is 1. The van der Waals surface area contributed by atoms with Gasteiger partial charge >= 0.3 is 6.09 Å². The van der Waals surface area contributed by atoms with Gasteiger partial charge in [0.05, 0.1) is 0 Å². The number of benzene rings is 1. The predicted molar refractivity (Wildman–Crippen MR) is 97.7 cm³/mol. The summed E-state index contributed by atoms with van der Waals surface area (Å²) in [5.74, 6) is 1.00. The van der Waals surface area contributed by atoms with Gasteiger partial charge in [-0.25, -0.2) is 4.79 Å². The Balaban J connectivity index is 1.73. The maximum Gasteiger partial charge on any atom is 0.410 e. The molecule has 7 nitrogen and oxygen atoms in total. The minimum Gasteiger partial charge on any atom is -0.444 e. The number of aromatic nitrogens is 4. The summed E-state index contributed by atoms with van der Waals surface area (Å²) in [5, 5.41) is 12.7. The Morgan fingerprint density at radius 2 is 1.85 bits per heavy atom. The van der Waals surface area contributed by atoms with E-state index in [0.29, 0.717) is 24.8 Å². The van der Waals surface area contributed by atoms with Crippen molar-refractivity contribution in [3.63, 3.8) is 0 Å². The summed E-state index contributed by atoms with van der Waals surface area (Å²) < 4.78 is 5.49. The second-order valence-corrected chi connectivity index (χ2v) is 7.82. The molecule has 0 N–H and O–H groups in total. The summed E-state index contributed by atoms with van der Waals surface area (Å²) in [6.45, 7) is 8.87. The lowest BCUT2D eigenvalue weighted by molar-refractivity contribution is 0.0165. The fourth-order valence-electron chi connectivity index (χ4n) is 3.39. The fourth-order valence-corrected chi connectivity index (χ4v) is 3.39. The largest absolute Gasteiger partial charge is 0.444 e. The zero-order valence-corrected chi connectivity index (χ0v) is 15.9. The van der Waals surface area contributed by atoms with Gasteiger partial charge in [0, 0.05) is 13.1 Å². The molecule has 1 atom stereocenters. The number of nitrogens with zero attached hydrogens (tertiary/aromatic N) is 5. The van der Waals surface area contributed by atoms with E-state index in [0.717, 1.165) is 12.8 Å². The van der Waals surface area contributed by atoms with Gasteiger partial charge in [0.1, 0.15) is 11.6 Å². The molecule has 1 aliphatic rings. The van der Waals surface area contributed by atoms with E-state index in [2.05, 4.69) is 27.5 Å². The van der Waals surface area contributed by atoms with E-state index < -0.39 is 5.60 Å². The first-order valence-corrected chi connectivity index (χ1v) is 9.12. The zero-order valence-electron chi connectivity index (χ0n) is 15.9. The SMILES string of the molecule is Cc1nnn(C(c2ccccc2)C2CCN(C(=O)OC(C)(C)C)CC2)n1. The average molecular weight is 357 g/mol. The quantitative estimate of drug-likeness (QED) is 0.843. The molecule has 7 heteroatoms. The highest BCUT2D eigenvalue weighted by molar-refractivity contribution is 5.68. The number of piperidine rings is 1. The maximum atomic E-state index is 12.3. The molecule has 0 bridgehead atoms. The van der Waals surface area contributed by atoms with E-state index in [1.165, 1.54) is 5.56 Å². The van der Waals surface area contributed by atoms with Crippen molar-refractivity contribution < 1.29 is 9.53 Å². The maximum absolute atomic E-state index is 12.3. The molecule has 0 radical (unpaired) electrons. The monoisotopic (exact) mass is 357 g/mol. The number of rotatable bonds is 3. The van der Waals surface area contributed by atoms with Crippen LogP contribution in [0.25, 0.3) is 0 Å². The second kappa shape index (κ2) is 7.43. The molecule has 140 valence electrons. The van der Waals surface area contributed by atoms with Gasteiger partial charge in [-0.15, -0.1) is 10.2 Å². The Morgan fingerprint density at radius 3 is 2.38 bits per heavy atom. The van der Waals surface area contributed by atoms with E-state index in [9.17, 15) is 4.79 Å². The lowest BCUT2D eigenvalue weighted by Gasteiger charge is -2.36. The third kappa shape index (κ3) is 4.39.